The molecule has 1 aliphatic carbocycles. The topological polar surface area (TPSA) is 84.0 Å². The molecule has 1 saturated heterocycles. The van der Waals surface area contributed by atoms with Crippen LogP contribution in [0, 0.1) is 11.8 Å². The van der Waals surface area contributed by atoms with Crippen molar-refractivity contribution in [1.82, 2.24) is 9.80 Å². The van der Waals surface area contributed by atoms with Gasteiger partial charge in [0, 0.05) is 13.1 Å². The Bertz CT molecular complexity index is 591. The molecule has 2 rings (SSSR count). The van der Waals surface area contributed by atoms with Gasteiger partial charge in [-0.25, -0.2) is 4.79 Å². The van der Waals surface area contributed by atoms with Crippen molar-refractivity contribution in [2.45, 2.75) is 52.5 Å². The Morgan fingerprint density at radius 2 is 1.77 bits per heavy atom. The van der Waals surface area contributed by atoms with Gasteiger partial charge in [-0.15, -0.1) is 0 Å². The van der Waals surface area contributed by atoms with E-state index in [4.69, 9.17) is 4.74 Å². The van der Waals surface area contributed by atoms with Gasteiger partial charge in [0.2, 0.25) is 11.8 Å². The number of ether oxygens (including phenoxy) is 1. The molecule has 7 nitrogen and oxygen atoms in total. The second kappa shape index (κ2) is 8.47. The molecule has 26 heavy (non-hydrogen) atoms. The van der Waals surface area contributed by atoms with Gasteiger partial charge in [0.25, 0.3) is 5.91 Å². The summed E-state index contributed by atoms with van der Waals surface area (Å²) in [7, 11) is 0. The largest absolute Gasteiger partial charge is 0.454 e. The summed E-state index contributed by atoms with van der Waals surface area (Å²) in [5.41, 5.74) is 0.829. The number of likely N-dealkylation sites (tertiary alicyclic amines) is 1. The molecule has 0 aromatic rings. The van der Waals surface area contributed by atoms with Crippen molar-refractivity contribution >= 4 is 23.7 Å². The van der Waals surface area contributed by atoms with Gasteiger partial charge in [-0.2, -0.15) is 0 Å². The van der Waals surface area contributed by atoms with Crippen molar-refractivity contribution in [3.8, 4) is 0 Å². The number of esters is 1. The van der Waals surface area contributed by atoms with E-state index in [-0.39, 0.29) is 29.6 Å². The van der Waals surface area contributed by atoms with Crippen LogP contribution in [-0.4, -0.2) is 59.2 Å². The smallest absolute Gasteiger partial charge is 0.329 e. The lowest BCUT2D eigenvalue weighted by atomic mass is 9.81. The summed E-state index contributed by atoms with van der Waals surface area (Å²) in [4.78, 5) is 52.1. The molecule has 1 heterocycles. The Morgan fingerprint density at radius 3 is 2.23 bits per heavy atom. The van der Waals surface area contributed by atoms with Crippen molar-refractivity contribution in [2.24, 2.45) is 11.8 Å². The van der Waals surface area contributed by atoms with Crippen LogP contribution in [0.3, 0.4) is 0 Å². The number of hydrogen-bond donors (Lipinski definition) is 0. The van der Waals surface area contributed by atoms with Crippen molar-refractivity contribution in [3.05, 3.63) is 12.2 Å². The third-order valence-electron chi connectivity index (χ3n) is 5.14. The molecule has 0 aromatic heterocycles. The Balaban J connectivity index is 1.95. The van der Waals surface area contributed by atoms with Crippen LogP contribution >= 0.6 is 0 Å². The fraction of sp³-hybridized carbons (Fsp3) is 0.684. The number of hydrogen-bond acceptors (Lipinski definition) is 5. The zero-order valence-corrected chi connectivity index (χ0v) is 15.8. The first kappa shape index (κ1) is 20.1. The number of carbonyl (C=O) groups excluding carboxylic acids is 4. The molecule has 0 spiro atoms. The number of fused-ring (bicyclic) bond motifs is 1. The lowest BCUT2D eigenvalue weighted by Gasteiger charge is -2.23. The molecular weight excluding hydrogens is 336 g/mol. The van der Waals surface area contributed by atoms with Gasteiger partial charge >= 0.3 is 5.97 Å². The molecule has 2 fully saturated rings. The highest BCUT2D eigenvalue weighted by molar-refractivity contribution is 6.07. The fourth-order valence-corrected chi connectivity index (χ4v) is 3.72. The average molecular weight is 364 g/mol. The van der Waals surface area contributed by atoms with Gasteiger partial charge in [0.15, 0.2) is 6.61 Å². The van der Waals surface area contributed by atoms with Crippen LogP contribution in [-0.2, 0) is 23.9 Å². The summed E-state index contributed by atoms with van der Waals surface area (Å²) in [6, 6.07) is -1.01. The maximum atomic E-state index is 12.5. The number of carbonyl (C=O) groups is 4. The molecule has 0 N–H and O–H groups in total. The molecule has 3 amide bonds. The monoisotopic (exact) mass is 364 g/mol. The van der Waals surface area contributed by atoms with Gasteiger partial charge in [0.05, 0.1) is 11.8 Å². The lowest BCUT2D eigenvalue weighted by molar-refractivity contribution is -0.161. The van der Waals surface area contributed by atoms with E-state index < -0.39 is 18.6 Å². The number of likely N-dealkylation sites (N-methyl/N-ethyl adjacent to an activating group) is 1. The Morgan fingerprint density at radius 1 is 1.23 bits per heavy atom. The maximum absolute atomic E-state index is 12.5. The number of amides is 3. The van der Waals surface area contributed by atoms with Crippen LogP contribution in [0.5, 0.6) is 0 Å². The molecule has 144 valence electrons. The molecule has 0 bridgehead atoms. The highest BCUT2D eigenvalue weighted by Gasteiger charge is 2.51. The summed E-state index contributed by atoms with van der Waals surface area (Å²) >= 11 is 0. The van der Waals surface area contributed by atoms with Gasteiger partial charge in [-0.05, 0) is 33.6 Å². The fourth-order valence-electron chi connectivity index (χ4n) is 3.72. The first-order valence-electron chi connectivity index (χ1n) is 9.23. The number of rotatable bonds is 7. The van der Waals surface area contributed by atoms with Crippen molar-refractivity contribution in [3.63, 3.8) is 0 Å². The van der Waals surface area contributed by atoms with Crippen LogP contribution in [0.2, 0.25) is 0 Å². The Kier molecular flexibility index (Phi) is 6.56. The van der Waals surface area contributed by atoms with E-state index in [0.29, 0.717) is 25.9 Å². The molecule has 0 aromatic carbocycles. The normalized spacial score (nSPS) is 23.4. The quantitative estimate of drug-likeness (QED) is 0.388. The van der Waals surface area contributed by atoms with Crippen LogP contribution < -0.4 is 0 Å². The van der Waals surface area contributed by atoms with Gasteiger partial charge < -0.3 is 9.64 Å². The molecule has 3 unspecified atom stereocenters. The van der Waals surface area contributed by atoms with E-state index in [2.05, 4.69) is 6.58 Å². The zero-order valence-electron chi connectivity index (χ0n) is 15.8. The van der Waals surface area contributed by atoms with Gasteiger partial charge in [-0.3, -0.25) is 19.3 Å². The second-order valence-corrected chi connectivity index (χ2v) is 7.19. The van der Waals surface area contributed by atoms with E-state index in [9.17, 15) is 19.2 Å². The minimum absolute atomic E-state index is 0.284. The molecular formula is C19H28N2O5. The van der Waals surface area contributed by atoms with Crippen LogP contribution in [0.15, 0.2) is 12.2 Å². The standard InChI is InChI=1S/C19H28N2O5/c1-5-20(10-12(2)3)16(22)11-26-19(25)13(4)21-17(23)14-8-6-7-9-15(14)18(21)24/h13-15H,2,5-11H2,1,3-4H3. The first-order valence-corrected chi connectivity index (χ1v) is 9.23. The van der Waals surface area contributed by atoms with E-state index >= 15 is 0 Å². The van der Waals surface area contributed by atoms with E-state index in [1.807, 2.05) is 13.8 Å². The first-order chi connectivity index (χ1) is 12.3. The maximum Gasteiger partial charge on any atom is 0.329 e. The zero-order chi connectivity index (χ0) is 19.4. The summed E-state index contributed by atoms with van der Waals surface area (Å²) in [6.07, 6.45) is 3.24. The van der Waals surface area contributed by atoms with Crippen molar-refractivity contribution in [1.29, 1.82) is 0 Å². The molecule has 1 aliphatic heterocycles. The summed E-state index contributed by atoms with van der Waals surface area (Å²) in [6.45, 7) is 9.35. The van der Waals surface area contributed by atoms with Crippen LogP contribution in [0.1, 0.15) is 46.5 Å². The molecule has 2 aliphatic rings. The van der Waals surface area contributed by atoms with Gasteiger partial charge in [-0.1, -0.05) is 25.0 Å². The highest BCUT2D eigenvalue weighted by Crippen LogP contribution is 2.38. The highest BCUT2D eigenvalue weighted by atomic mass is 16.5. The predicted molar refractivity (Wildman–Crippen MR) is 94.8 cm³/mol. The molecule has 3 atom stereocenters. The molecule has 7 heteroatoms. The summed E-state index contributed by atoms with van der Waals surface area (Å²) in [5, 5.41) is 0. The van der Waals surface area contributed by atoms with Crippen molar-refractivity contribution < 1.29 is 23.9 Å². The van der Waals surface area contributed by atoms with Crippen LogP contribution in [0.4, 0.5) is 0 Å². The third-order valence-corrected chi connectivity index (χ3v) is 5.14. The minimum Gasteiger partial charge on any atom is -0.454 e. The number of imide groups is 1. The molecule has 0 radical (unpaired) electrons. The average Bonchev–Trinajstić information content (AvgIpc) is 2.87. The van der Waals surface area contributed by atoms with E-state index in [0.717, 1.165) is 23.3 Å². The second-order valence-electron chi connectivity index (χ2n) is 7.19. The Labute approximate surface area is 154 Å². The Hall–Kier alpha value is -2.18. The summed E-state index contributed by atoms with van der Waals surface area (Å²) in [5.74, 6) is -2.24. The van der Waals surface area contributed by atoms with E-state index in [1.54, 1.807) is 0 Å². The number of nitrogens with zero attached hydrogens (tertiary/aromatic N) is 2. The van der Waals surface area contributed by atoms with Crippen molar-refractivity contribution in [2.75, 3.05) is 19.7 Å². The SMILES string of the molecule is C=C(C)CN(CC)C(=O)COC(=O)C(C)N1C(=O)C2CCCCC2C1=O. The van der Waals surface area contributed by atoms with Crippen LogP contribution in [0.25, 0.3) is 0 Å². The molecule has 1 saturated carbocycles. The van der Waals surface area contributed by atoms with E-state index in [1.165, 1.54) is 11.8 Å². The summed E-state index contributed by atoms with van der Waals surface area (Å²) < 4.78 is 5.09. The third kappa shape index (κ3) is 4.14. The van der Waals surface area contributed by atoms with Gasteiger partial charge in [0.1, 0.15) is 6.04 Å². The minimum atomic E-state index is -1.01. The predicted octanol–water partition coefficient (Wildman–Crippen LogP) is 1.52. The lowest BCUT2D eigenvalue weighted by Crippen LogP contribution is -2.45.